The van der Waals surface area contributed by atoms with E-state index >= 15 is 0 Å². The summed E-state index contributed by atoms with van der Waals surface area (Å²) in [6.07, 6.45) is 0. The highest BCUT2D eigenvalue weighted by Crippen LogP contribution is 2.18. The molecule has 0 aliphatic rings. The predicted octanol–water partition coefficient (Wildman–Crippen LogP) is 3.17. The van der Waals surface area contributed by atoms with Crippen LogP contribution in [0.1, 0.15) is 5.82 Å². The van der Waals surface area contributed by atoms with E-state index < -0.39 is 0 Å². The number of nitrogens with one attached hydrogen (secondary N) is 2. The molecule has 0 aliphatic carbocycles. The van der Waals surface area contributed by atoms with E-state index in [4.69, 9.17) is 0 Å². The van der Waals surface area contributed by atoms with Crippen molar-refractivity contribution in [1.82, 2.24) is 9.97 Å². The van der Waals surface area contributed by atoms with Gasteiger partial charge in [-0.1, -0.05) is 6.07 Å². The van der Waals surface area contributed by atoms with Gasteiger partial charge in [-0.25, -0.2) is 9.97 Å². The average molecular weight is 340 g/mol. The Labute approximate surface area is 114 Å². The normalized spacial score (nSPS) is 10.1. The Morgan fingerprint density at radius 2 is 1.88 bits per heavy atom. The Balaban J connectivity index is 2.26. The van der Waals surface area contributed by atoms with Gasteiger partial charge in [-0.15, -0.1) is 0 Å². The molecule has 1 aromatic carbocycles. The molecule has 1 heterocycles. The molecule has 88 valence electrons. The molecule has 0 saturated carbocycles. The molecule has 0 amide bonds. The molecule has 0 bridgehead atoms. The van der Waals surface area contributed by atoms with E-state index in [1.807, 2.05) is 32.2 Å². The van der Waals surface area contributed by atoms with Crippen LogP contribution in [0.2, 0.25) is 0 Å². The number of hydrogen-bond acceptors (Lipinski definition) is 4. The molecule has 2 N–H and O–H groups in total. The van der Waals surface area contributed by atoms with E-state index in [0.717, 1.165) is 23.1 Å². The highest BCUT2D eigenvalue weighted by atomic mass is 127. The van der Waals surface area contributed by atoms with Gasteiger partial charge in [-0.05, 0) is 47.7 Å². The van der Waals surface area contributed by atoms with Crippen molar-refractivity contribution in [3.63, 3.8) is 0 Å². The molecule has 4 nitrogen and oxygen atoms in total. The summed E-state index contributed by atoms with van der Waals surface area (Å²) in [5, 5.41) is 6.28. The van der Waals surface area contributed by atoms with E-state index in [-0.39, 0.29) is 0 Å². The van der Waals surface area contributed by atoms with Crippen LogP contribution in [0.15, 0.2) is 30.3 Å². The molecular formula is C12H13IN4. The Morgan fingerprint density at radius 3 is 2.59 bits per heavy atom. The van der Waals surface area contributed by atoms with Gasteiger partial charge >= 0.3 is 0 Å². The maximum atomic E-state index is 4.34. The maximum Gasteiger partial charge on any atom is 0.136 e. The van der Waals surface area contributed by atoms with Crippen LogP contribution in [0, 0.1) is 10.5 Å². The summed E-state index contributed by atoms with van der Waals surface area (Å²) in [5.74, 6) is 2.35. The molecule has 0 fully saturated rings. The molecule has 0 saturated heterocycles. The van der Waals surface area contributed by atoms with Gasteiger partial charge in [0, 0.05) is 22.4 Å². The first-order valence-electron chi connectivity index (χ1n) is 5.23. The number of benzene rings is 1. The maximum absolute atomic E-state index is 4.34. The Bertz CT molecular complexity index is 528. The van der Waals surface area contributed by atoms with Crippen molar-refractivity contribution in [2.24, 2.45) is 0 Å². The van der Waals surface area contributed by atoms with Gasteiger partial charge < -0.3 is 10.6 Å². The van der Waals surface area contributed by atoms with Crippen molar-refractivity contribution < 1.29 is 0 Å². The van der Waals surface area contributed by atoms with Crippen LogP contribution in [-0.2, 0) is 0 Å². The van der Waals surface area contributed by atoms with Crippen LogP contribution in [0.5, 0.6) is 0 Å². The van der Waals surface area contributed by atoms with E-state index in [9.17, 15) is 0 Å². The van der Waals surface area contributed by atoms with E-state index in [1.54, 1.807) is 0 Å². The lowest BCUT2D eigenvalue weighted by Crippen LogP contribution is -2.01. The zero-order valence-corrected chi connectivity index (χ0v) is 11.8. The summed E-state index contributed by atoms with van der Waals surface area (Å²) in [7, 11) is 1.84. The lowest BCUT2D eigenvalue weighted by atomic mass is 10.3. The van der Waals surface area contributed by atoms with E-state index in [2.05, 4.69) is 55.3 Å². The second-order valence-electron chi connectivity index (χ2n) is 3.57. The fraction of sp³-hybridized carbons (Fsp3) is 0.167. The molecule has 0 unspecified atom stereocenters. The average Bonchev–Trinajstić information content (AvgIpc) is 2.28. The zero-order valence-electron chi connectivity index (χ0n) is 9.66. The molecule has 17 heavy (non-hydrogen) atoms. The van der Waals surface area contributed by atoms with E-state index in [1.165, 1.54) is 3.57 Å². The first kappa shape index (κ1) is 12.1. The third-order valence-electron chi connectivity index (χ3n) is 2.19. The summed E-state index contributed by atoms with van der Waals surface area (Å²) < 4.78 is 1.19. The van der Waals surface area contributed by atoms with Gasteiger partial charge in [0.25, 0.3) is 0 Å². The predicted molar refractivity (Wildman–Crippen MR) is 78.8 cm³/mol. The van der Waals surface area contributed by atoms with Crippen LogP contribution in [0.25, 0.3) is 0 Å². The Kier molecular flexibility index (Phi) is 3.78. The smallest absolute Gasteiger partial charge is 0.136 e. The second-order valence-corrected chi connectivity index (χ2v) is 4.82. The van der Waals surface area contributed by atoms with Gasteiger partial charge in [-0.3, -0.25) is 0 Å². The van der Waals surface area contributed by atoms with Gasteiger partial charge in [-0.2, -0.15) is 0 Å². The van der Waals surface area contributed by atoms with Crippen molar-refractivity contribution >= 4 is 39.9 Å². The minimum Gasteiger partial charge on any atom is -0.373 e. The van der Waals surface area contributed by atoms with Gasteiger partial charge in [0.2, 0.25) is 0 Å². The van der Waals surface area contributed by atoms with Gasteiger partial charge in [0.1, 0.15) is 17.5 Å². The monoisotopic (exact) mass is 340 g/mol. The second kappa shape index (κ2) is 5.31. The van der Waals surface area contributed by atoms with Gasteiger partial charge in [0.15, 0.2) is 0 Å². The lowest BCUT2D eigenvalue weighted by molar-refractivity contribution is 1.06. The number of aromatic nitrogens is 2. The third-order valence-corrected chi connectivity index (χ3v) is 2.86. The minimum atomic E-state index is 0.741. The summed E-state index contributed by atoms with van der Waals surface area (Å²) in [6, 6.07) is 10.0. The van der Waals surface area contributed by atoms with Crippen molar-refractivity contribution in [2.75, 3.05) is 17.7 Å². The number of hydrogen-bond donors (Lipinski definition) is 2. The molecule has 2 rings (SSSR count). The van der Waals surface area contributed by atoms with Gasteiger partial charge in [0.05, 0.1) is 0 Å². The van der Waals surface area contributed by atoms with Crippen molar-refractivity contribution in [1.29, 1.82) is 0 Å². The van der Waals surface area contributed by atoms with Crippen molar-refractivity contribution in [2.45, 2.75) is 6.92 Å². The summed E-state index contributed by atoms with van der Waals surface area (Å²) in [6.45, 7) is 1.88. The minimum absolute atomic E-state index is 0.741. The molecule has 2 aromatic rings. The van der Waals surface area contributed by atoms with Crippen molar-refractivity contribution in [3.05, 3.63) is 39.7 Å². The topological polar surface area (TPSA) is 49.8 Å². The molecule has 0 spiro atoms. The van der Waals surface area contributed by atoms with Crippen LogP contribution in [0.3, 0.4) is 0 Å². The van der Waals surface area contributed by atoms with Crippen LogP contribution in [0.4, 0.5) is 17.3 Å². The lowest BCUT2D eigenvalue weighted by Gasteiger charge is -2.08. The quantitative estimate of drug-likeness (QED) is 0.843. The highest BCUT2D eigenvalue weighted by Gasteiger charge is 2.01. The number of aryl methyl sites for hydroxylation is 1. The number of rotatable bonds is 3. The van der Waals surface area contributed by atoms with Crippen LogP contribution >= 0.6 is 22.6 Å². The number of anilines is 3. The fourth-order valence-electron chi connectivity index (χ4n) is 1.47. The molecule has 1 aromatic heterocycles. The first-order chi connectivity index (χ1) is 8.17. The Hall–Kier alpha value is -1.37. The molecule has 0 aliphatic heterocycles. The van der Waals surface area contributed by atoms with Crippen LogP contribution < -0.4 is 10.6 Å². The molecule has 5 heteroatoms. The highest BCUT2D eigenvalue weighted by molar-refractivity contribution is 14.1. The zero-order chi connectivity index (χ0) is 12.3. The molecular weight excluding hydrogens is 327 g/mol. The summed E-state index contributed by atoms with van der Waals surface area (Å²) in [5.41, 5.74) is 1.03. The van der Waals surface area contributed by atoms with Crippen LogP contribution in [-0.4, -0.2) is 17.0 Å². The Morgan fingerprint density at radius 1 is 1.12 bits per heavy atom. The third kappa shape index (κ3) is 3.29. The van der Waals surface area contributed by atoms with Crippen molar-refractivity contribution in [3.8, 4) is 0 Å². The standard InChI is InChI=1S/C12H13IN4/c1-8-15-11(14-2)7-12(16-8)17-10-5-3-4-9(13)6-10/h3-7H,1-2H3,(H2,14,15,16,17). The largest absolute Gasteiger partial charge is 0.373 e. The number of nitrogens with zero attached hydrogens (tertiary/aromatic N) is 2. The SMILES string of the molecule is CNc1cc(Nc2cccc(I)c2)nc(C)n1. The first-order valence-corrected chi connectivity index (χ1v) is 6.31. The van der Waals surface area contributed by atoms with E-state index in [0.29, 0.717) is 0 Å². The number of halogens is 1. The summed E-state index contributed by atoms with van der Waals surface area (Å²) in [4.78, 5) is 8.59. The fourth-order valence-corrected chi connectivity index (χ4v) is 2.02. The summed E-state index contributed by atoms with van der Waals surface area (Å²) >= 11 is 2.28. The molecule has 0 atom stereocenters. The molecule has 0 radical (unpaired) electrons.